The van der Waals surface area contributed by atoms with E-state index in [0.717, 1.165) is 48.7 Å². The van der Waals surface area contributed by atoms with Gasteiger partial charge in [0, 0.05) is 23.6 Å². The third-order valence-electron chi connectivity index (χ3n) is 3.82. The summed E-state index contributed by atoms with van der Waals surface area (Å²) in [5.74, 6) is 0.916. The Kier molecular flexibility index (Phi) is 5.48. The molecule has 0 aliphatic carbocycles. The zero-order valence-electron chi connectivity index (χ0n) is 12.9. The van der Waals surface area contributed by atoms with Crippen molar-refractivity contribution in [1.82, 2.24) is 15.3 Å². The van der Waals surface area contributed by atoms with Gasteiger partial charge in [0.2, 0.25) is 0 Å². The summed E-state index contributed by atoms with van der Waals surface area (Å²) in [6.07, 6.45) is 2.04. The Labute approximate surface area is 136 Å². The standard InChI is InChI=1S/C17H20FN3.ClH/c1-11(2)17-20-15-10-19-9-3-4-14(15)16(21-17)12-5-7-13(18)8-6-12;/h5-8,11,19H,3-4,9-10H2,1-2H3;1H. The lowest BCUT2D eigenvalue weighted by Crippen LogP contribution is -2.14. The summed E-state index contributed by atoms with van der Waals surface area (Å²) in [5, 5.41) is 3.41. The van der Waals surface area contributed by atoms with Crippen molar-refractivity contribution in [3.63, 3.8) is 0 Å². The Morgan fingerprint density at radius 1 is 1.14 bits per heavy atom. The van der Waals surface area contributed by atoms with Crippen LogP contribution in [0.5, 0.6) is 0 Å². The minimum Gasteiger partial charge on any atom is -0.311 e. The SMILES string of the molecule is CC(C)c1nc2c(c(-c3ccc(F)cc3)n1)CCCNC2.Cl. The van der Waals surface area contributed by atoms with E-state index in [4.69, 9.17) is 9.97 Å². The van der Waals surface area contributed by atoms with E-state index in [1.165, 1.54) is 17.7 Å². The van der Waals surface area contributed by atoms with Crippen LogP contribution in [0.2, 0.25) is 0 Å². The molecular formula is C17H21ClFN3. The van der Waals surface area contributed by atoms with Gasteiger partial charge in [-0.15, -0.1) is 12.4 Å². The van der Waals surface area contributed by atoms with Gasteiger partial charge in [-0.25, -0.2) is 14.4 Å². The highest BCUT2D eigenvalue weighted by atomic mass is 35.5. The summed E-state index contributed by atoms with van der Waals surface area (Å²) in [5.41, 5.74) is 4.23. The second kappa shape index (κ2) is 7.16. The summed E-state index contributed by atoms with van der Waals surface area (Å²) in [6, 6.07) is 6.60. The molecule has 0 fully saturated rings. The van der Waals surface area contributed by atoms with E-state index in [0.29, 0.717) is 0 Å². The van der Waals surface area contributed by atoms with Crippen molar-refractivity contribution < 1.29 is 4.39 Å². The Bertz CT molecular complexity index is 641. The molecule has 0 saturated carbocycles. The van der Waals surface area contributed by atoms with Gasteiger partial charge in [-0.1, -0.05) is 13.8 Å². The molecule has 0 spiro atoms. The Morgan fingerprint density at radius 2 is 1.86 bits per heavy atom. The third-order valence-corrected chi connectivity index (χ3v) is 3.82. The van der Waals surface area contributed by atoms with Gasteiger partial charge in [0.1, 0.15) is 11.6 Å². The number of rotatable bonds is 2. The van der Waals surface area contributed by atoms with Crippen molar-refractivity contribution in [2.24, 2.45) is 0 Å². The van der Waals surface area contributed by atoms with E-state index in [9.17, 15) is 4.39 Å². The molecule has 0 saturated heterocycles. The van der Waals surface area contributed by atoms with Crippen LogP contribution in [0.3, 0.4) is 0 Å². The van der Waals surface area contributed by atoms with Crippen LogP contribution in [-0.4, -0.2) is 16.5 Å². The summed E-state index contributed by atoms with van der Waals surface area (Å²) < 4.78 is 13.2. The van der Waals surface area contributed by atoms with Gasteiger partial charge >= 0.3 is 0 Å². The van der Waals surface area contributed by atoms with Crippen LogP contribution >= 0.6 is 12.4 Å². The van der Waals surface area contributed by atoms with Crippen molar-refractivity contribution in [3.8, 4) is 11.3 Å². The number of nitrogens with zero attached hydrogens (tertiary/aromatic N) is 2. The monoisotopic (exact) mass is 321 g/mol. The summed E-state index contributed by atoms with van der Waals surface area (Å²) >= 11 is 0. The molecule has 1 aromatic heterocycles. The lowest BCUT2D eigenvalue weighted by atomic mass is 10.00. The molecule has 22 heavy (non-hydrogen) atoms. The van der Waals surface area contributed by atoms with Gasteiger partial charge in [-0.2, -0.15) is 0 Å². The number of hydrogen-bond acceptors (Lipinski definition) is 3. The molecule has 118 valence electrons. The Morgan fingerprint density at radius 3 is 2.55 bits per heavy atom. The van der Waals surface area contributed by atoms with Crippen molar-refractivity contribution in [2.75, 3.05) is 6.54 Å². The van der Waals surface area contributed by atoms with E-state index in [1.807, 2.05) is 0 Å². The highest BCUT2D eigenvalue weighted by Gasteiger charge is 2.18. The molecule has 1 N–H and O–H groups in total. The highest BCUT2D eigenvalue weighted by molar-refractivity contribution is 5.85. The van der Waals surface area contributed by atoms with Crippen LogP contribution in [0.25, 0.3) is 11.3 Å². The average Bonchev–Trinajstić information content (AvgIpc) is 2.72. The van der Waals surface area contributed by atoms with Crippen LogP contribution in [0.4, 0.5) is 4.39 Å². The zero-order valence-corrected chi connectivity index (χ0v) is 13.7. The molecule has 0 radical (unpaired) electrons. The maximum atomic E-state index is 13.2. The van der Waals surface area contributed by atoms with Gasteiger partial charge < -0.3 is 5.32 Å². The van der Waals surface area contributed by atoms with Crippen LogP contribution in [0.1, 0.15) is 43.3 Å². The van der Waals surface area contributed by atoms with Gasteiger partial charge in [0.25, 0.3) is 0 Å². The normalized spacial score (nSPS) is 14.2. The second-order valence-corrected chi connectivity index (χ2v) is 5.80. The lowest BCUT2D eigenvalue weighted by Gasteiger charge is -2.15. The van der Waals surface area contributed by atoms with Crippen LogP contribution in [0, 0.1) is 5.82 Å². The molecule has 3 nitrogen and oxygen atoms in total. The molecule has 1 aliphatic rings. The topological polar surface area (TPSA) is 37.8 Å². The second-order valence-electron chi connectivity index (χ2n) is 5.80. The number of nitrogens with one attached hydrogen (secondary N) is 1. The number of fused-ring (bicyclic) bond motifs is 1. The van der Waals surface area contributed by atoms with Gasteiger partial charge in [-0.05, 0) is 43.7 Å². The molecule has 2 aromatic rings. The minimum atomic E-state index is -0.218. The van der Waals surface area contributed by atoms with Crippen molar-refractivity contribution in [3.05, 3.63) is 47.2 Å². The van der Waals surface area contributed by atoms with E-state index in [2.05, 4.69) is 19.2 Å². The van der Waals surface area contributed by atoms with Gasteiger partial charge in [-0.3, -0.25) is 0 Å². The van der Waals surface area contributed by atoms with Crippen molar-refractivity contribution in [2.45, 2.75) is 39.2 Å². The van der Waals surface area contributed by atoms with Crippen molar-refractivity contribution in [1.29, 1.82) is 0 Å². The fourth-order valence-electron chi connectivity index (χ4n) is 2.66. The largest absolute Gasteiger partial charge is 0.311 e. The maximum Gasteiger partial charge on any atom is 0.131 e. The van der Waals surface area contributed by atoms with Crippen LogP contribution < -0.4 is 5.32 Å². The number of hydrogen-bond donors (Lipinski definition) is 1. The zero-order chi connectivity index (χ0) is 14.8. The Hall–Kier alpha value is -1.52. The molecule has 3 rings (SSSR count). The number of halogens is 2. The van der Waals surface area contributed by atoms with E-state index >= 15 is 0 Å². The summed E-state index contributed by atoms with van der Waals surface area (Å²) in [6.45, 7) is 5.97. The molecule has 5 heteroatoms. The fourth-order valence-corrected chi connectivity index (χ4v) is 2.66. The summed E-state index contributed by atoms with van der Waals surface area (Å²) in [4.78, 5) is 9.49. The average molecular weight is 322 g/mol. The smallest absolute Gasteiger partial charge is 0.131 e. The van der Waals surface area contributed by atoms with Crippen molar-refractivity contribution >= 4 is 12.4 Å². The molecule has 0 bridgehead atoms. The molecule has 0 amide bonds. The predicted octanol–water partition coefficient (Wildman–Crippen LogP) is 3.86. The minimum absolute atomic E-state index is 0. The maximum absolute atomic E-state index is 13.2. The fraction of sp³-hybridized carbons (Fsp3) is 0.412. The van der Waals surface area contributed by atoms with E-state index in [1.54, 1.807) is 12.1 Å². The van der Waals surface area contributed by atoms with Crippen LogP contribution in [0.15, 0.2) is 24.3 Å². The lowest BCUT2D eigenvalue weighted by molar-refractivity contribution is 0.628. The number of aromatic nitrogens is 2. The third kappa shape index (κ3) is 3.45. The van der Waals surface area contributed by atoms with Crippen LogP contribution in [-0.2, 0) is 13.0 Å². The number of benzene rings is 1. The van der Waals surface area contributed by atoms with E-state index in [-0.39, 0.29) is 24.1 Å². The molecule has 0 unspecified atom stereocenters. The predicted molar refractivity (Wildman–Crippen MR) is 88.8 cm³/mol. The molecule has 0 atom stereocenters. The van der Waals surface area contributed by atoms with Gasteiger partial charge in [0.05, 0.1) is 11.4 Å². The highest BCUT2D eigenvalue weighted by Crippen LogP contribution is 2.28. The molecule has 1 aromatic carbocycles. The first kappa shape index (κ1) is 16.8. The first-order valence-electron chi connectivity index (χ1n) is 7.51. The van der Waals surface area contributed by atoms with Gasteiger partial charge in [0.15, 0.2) is 0 Å². The first-order valence-corrected chi connectivity index (χ1v) is 7.51. The molecular weight excluding hydrogens is 301 g/mol. The molecule has 1 aliphatic heterocycles. The van der Waals surface area contributed by atoms with E-state index < -0.39 is 0 Å². The quantitative estimate of drug-likeness (QED) is 0.912. The Balaban J connectivity index is 0.00000176. The first-order chi connectivity index (χ1) is 10.1. The summed E-state index contributed by atoms with van der Waals surface area (Å²) in [7, 11) is 0. The molecule has 2 heterocycles.